The third-order valence-corrected chi connectivity index (χ3v) is 5.18. The summed E-state index contributed by atoms with van der Waals surface area (Å²) >= 11 is 1.29. The normalized spacial score (nSPS) is 10.5. The molecule has 130 valence electrons. The molecule has 1 N–H and O–H groups in total. The van der Waals surface area contributed by atoms with E-state index >= 15 is 0 Å². The summed E-state index contributed by atoms with van der Waals surface area (Å²) in [6.07, 6.45) is 0. The molecule has 0 aliphatic heterocycles. The van der Waals surface area contributed by atoms with E-state index < -0.39 is 0 Å². The highest BCUT2D eigenvalue weighted by molar-refractivity contribution is 8.00. The maximum Gasteiger partial charge on any atom is 0.230 e. The van der Waals surface area contributed by atoms with Gasteiger partial charge in [0, 0.05) is 11.9 Å². The number of benzene rings is 2. The molecule has 0 saturated carbocycles. The minimum atomic E-state index is -0.0790. The number of aryl methyl sites for hydroxylation is 2. The van der Waals surface area contributed by atoms with Crippen LogP contribution in [0.2, 0.25) is 0 Å². The van der Waals surface area contributed by atoms with Crippen molar-refractivity contribution < 1.29 is 4.79 Å². The third kappa shape index (κ3) is 4.22. The number of carbonyl (C=O) groups is 1. The number of nitrogens with zero attached hydrogens (tertiary/aromatic N) is 2. The molecule has 3 aromatic rings. The minimum Gasteiger partial charge on any atom is -0.351 e. The van der Waals surface area contributed by atoms with E-state index in [1.807, 2.05) is 62.4 Å². The molecule has 4 nitrogen and oxygen atoms in total. The predicted molar refractivity (Wildman–Crippen MR) is 105 cm³/mol. The van der Waals surface area contributed by atoms with Crippen molar-refractivity contribution in [1.29, 1.82) is 5.26 Å². The van der Waals surface area contributed by atoms with Crippen LogP contribution in [0.4, 0.5) is 0 Å². The van der Waals surface area contributed by atoms with E-state index in [4.69, 9.17) is 0 Å². The maximum atomic E-state index is 12.1. The first-order valence-corrected chi connectivity index (χ1v) is 9.31. The Balaban J connectivity index is 1.70. The Morgan fingerprint density at radius 2 is 1.88 bits per heavy atom. The highest BCUT2D eigenvalue weighted by Crippen LogP contribution is 2.26. The molecule has 26 heavy (non-hydrogen) atoms. The second-order valence-electron chi connectivity index (χ2n) is 6.13. The van der Waals surface area contributed by atoms with Crippen LogP contribution in [0.1, 0.15) is 22.3 Å². The third-order valence-electron chi connectivity index (χ3n) is 4.19. The van der Waals surface area contributed by atoms with Crippen molar-refractivity contribution in [3.05, 3.63) is 70.8 Å². The zero-order valence-corrected chi connectivity index (χ0v) is 15.6. The van der Waals surface area contributed by atoms with Gasteiger partial charge in [0.05, 0.1) is 16.8 Å². The van der Waals surface area contributed by atoms with Gasteiger partial charge < -0.3 is 5.32 Å². The first kappa shape index (κ1) is 18.0. The first-order valence-electron chi connectivity index (χ1n) is 8.32. The Hall–Kier alpha value is -2.84. The van der Waals surface area contributed by atoms with Crippen LogP contribution in [0.5, 0.6) is 0 Å². The lowest BCUT2D eigenvalue weighted by molar-refractivity contribution is -0.118. The lowest BCUT2D eigenvalue weighted by Gasteiger charge is -2.08. The summed E-state index contributed by atoms with van der Waals surface area (Å²) in [5.41, 5.74) is 4.73. The number of amides is 1. The summed E-state index contributed by atoms with van der Waals surface area (Å²) < 4.78 is 0. The molecule has 2 aromatic carbocycles. The van der Waals surface area contributed by atoms with E-state index in [2.05, 4.69) is 16.4 Å². The van der Waals surface area contributed by atoms with Gasteiger partial charge in [-0.3, -0.25) is 4.79 Å². The largest absolute Gasteiger partial charge is 0.351 e. The number of carbonyl (C=O) groups excluding carboxylic acids is 1. The number of thioether (sulfide) groups is 1. The molecule has 0 spiro atoms. The van der Waals surface area contributed by atoms with Gasteiger partial charge in [0.2, 0.25) is 5.91 Å². The Kier molecular flexibility index (Phi) is 5.55. The number of hydrogen-bond acceptors (Lipinski definition) is 4. The molecule has 1 aromatic heterocycles. The highest BCUT2D eigenvalue weighted by atomic mass is 32.2. The summed E-state index contributed by atoms with van der Waals surface area (Å²) in [6, 6.07) is 17.9. The smallest absolute Gasteiger partial charge is 0.230 e. The average Bonchev–Trinajstić information content (AvgIpc) is 2.66. The van der Waals surface area contributed by atoms with Crippen LogP contribution in [0.25, 0.3) is 10.9 Å². The fourth-order valence-electron chi connectivity index (χ4n) is 2.59. The van der Waals surface area contributed by atoms with Gasteiger partial charge in [0.15, 0.2) is 0 Å². The molecule has 0 bridgehead atoms. The van der Waals surface area contributed by atoms with Gasteiger partial charge in [-0.1, -0.05) is 42.1 Å². The maximum absolute atomic E-state index is 12.1. The number of nitriles is 1. The predicted octanol–water partition coefficient (Wildman–Crippen LogP) is 4.13. The van der Waals surface area contributed by atoms with Gasteiger partial charge in [-0.2, -0.15) is 5.26 Å². The number of fused-ring (bicyclic) bond motifs is 1. The molecule has 0 atom stereocenters. The summed E-state index contributed by atoms with van der Waals surface area (Å²) in [5.74, 6) is 0.148. The monoisotopic (exact) mass is 361 g/mol. The van der Waals surface area contributed by atoms with Crippen LogP contribution in [0.3, 0.4) is 0 Å². The molecule has 1 amide bonds. The zero-order chi connectivity index (χ0) is 18.5. The van der Waals surface area contributed by atoms with E-state index in [0.29, 0.717) is 17.1 Å². The van der Waals surface area contributed by atoms with Crippen LogP contribution in [-0.2, 0) is 11.3 Å². The van der Waals surface area contributed by atoms with Crippen molar-refractivity contribution in [1.82, 2.24) is 10.3 Å². The van der Waals surface area contributed by atoms with Crippen molar-refractivity contribution in [2.24, 2.45) is 0 Å². The molecule has 0 unspecified atom stereocenters. The van der Waals surface area contributed by atoms with Crippen molar-refractivity contribution >= 4 is 28.6 Å². The molecular weight excluding hydrogens is 342 g/mol. The van der Waals surface area contributed by atoms with E-state index in [1.165, 1.54) is 17.3 Å². The topological polar surface area (TPSA) is 65.8 Å². The Labute approximate surface area is 157 Å². The first-order chi connectivity index (χ1) is 12.6. The van der Waals surface area contributed by atoms with Gasteiger partial charge in [-0.05, 0) is 48.7 Å². The Morgan fingerprint density at radius 1 is 1.15 bits per heavy atom. The van der Waals surface area contributed by atoms with E-state index in [9.17, 15) is 10.1 Å². The van der Waals surface area contributed by atoms with Gasteiger partial charge in [0.1, 0.15) is 11.1 Å². The number of pyridine rings is 1. The molecule has 3 rings (SSSR count). The number of hydrogen-bond donors (Lipinski definition) is 1. The van der Waals surface area contributed by atoms with Crippen molar-refractivity contribution in [3.63, 3.8) is 0 Å². The van der Waals surface area contributed by atoms with Gasteiger partial charge in [-0.15, -0.1) is 0 Å². The fourth-order valence-corrected chi connectivity index (χ4v) is 3.39. The van der Waals surface area contributed by atoms with E-state index in [1.54, 1.807) is 0 Å². The summed E-state index contributed by atoms with van der Waals surface area (Å²) in [7, 11) is 0. The number of aromatic nitrogens is 1. The molecular formula is C21H19N3OS. The van der Waals surface area contributed by atoms with E-state index in [0.717, 1.165) is 22.0 Å². The Bertz CT molecular complexity index is 994. The van der Waals surface area contributed by atoms with Crippen LogP contribution >= 0.6 is 11.8 Å². The van der Waals surface area contributed by atoms with Crippen LogP contribution < -0.4 is 5.32 Å². The quantitative estimate of drug-likeness (QED) is 0.694. The SMILES string of the molecule is Cc1cc2cc(C#N)c(SCC(=O)NCc3ccccc3)nc2cc1C. The standard InChI is InChI=1S/C21H19N3OS/c1-14-8-17-10-18(11-22)21(24-19(17)9-15(14)2)26-13-20(25)23-12-16-6-4-3-5-7-16/h3-10H,12-13H2,1-2H3,(H,23,25). The van der Waals surface area contributed by atoms with Crippen LogP contribution in [-0.4, -0.2) is 16.6 Å². The van der Waals surface area contributed by atoms with Gasteiger partial charge in [0.25, 0.3) is 0 Å². The van der Waals surface area contributed by atoms with Crippen molar-refractivity contribution in [3.8, 4) is 6.07 Å². The number of rotatable bonds is 5. The molecule has 1 heterocycles. The summed E-state index contributed by atoms with van der Waals surface area (Å²) in [6.45, 7) is 4.58. The molecule has 0 saturated heterocycles. The van der Waals surface area contributed by atoms with Crippen molar-refractivity contribution in [2.45, 2.75) is 25.4 Å². The van der Waals surface area contributed by atoms with E-state index in [-0.39, 0.29) is 11.7 Å². The molecule has 0 radical (unpaired) electrons. The van der Waals surface area contributed by atoms with Gasteiger partial charge in [-0.25, -0.2) is 4.98 Å². The second kappa shape index (κ2) is 8.03. The fraction of sp³-hybridized carbons (Fsp3) is 0.190. The summed E-state index contributed by atoms with van der Waals surface area (Å²) in [4.78, 5) is 16.7. The molecule has 0 aliphatic carbocycles. The second-order valence-corrected chi connectivity index (χ2v) is 7.10. The average molecular weight is 361 g/mol. The lowest BCUT2D eigenvalue weighted by Crippen LogP contribution is -2.24. The molecule has 0 aliphatic rings. The Morgan fingerprint density at radius 3 is 2.62 bits per heavy atom. The number of nitrogens with one attached hydrogen (secondary N) is 1. The van der Waals surface area contributed by atoms with Crippen LogP contribution in [0.15, 0.2) is 53.6 Å². The summed E-state index contributed by atoms with van der Waals surface area (Å²) in [5, 5.41) is 13.8. The molecule has 5 heteroatoms. The van der Waals surface area contributed by atoms with Crippen molar-refractivity contribution in [2.75, 3.05) is 5.75 Å². The zero-order valence-electron chi connectivity index (χ0n) is 14.7. The van der Waals surface area contributed by atoms with Gasteiger partial charge >= 0.3 is 0 Å². The van der Waals surface area contributed by atoms with Crippen LogP contribution in [0, 0.1) is 25.2 Å². The lowest BCUT2D eigenvalue weighted by atomic mass is 10.1. The molecule has 0 fully saturated rings. The minimum absolute atomic E-state index is 0.0790. The highest BCUT2D eigenvalue weighted by Gasteiger charge is 2.11.